The molecule has 3 heteroatoms. The molecule has 0 fully saturated rings. The summed E-state index contributed by atoms with van der Waals surface area (Å²) in [5.74, 6) is 0. The fourth-order valence-electron chi connectivity index (χ4n) is 9.35. The molecule has 3 nitrogen and oxygen atoms in total. The third-order valence-corrected chi connectivity index (χ3v) is 12.3. The van der Waals surface area contributed by atoms with Crippen LogP contribution in [-0.2, 0) is 0 Å². The molecule has 2 heterocycles. The van der Waals surface area contributed by atoms with Crippen molar-refractivity contribution in [2.24, 2.45) is 0 Å². The van der Waals surface area contributed by atoms with Crippen LogP contribution in [0.3, 0.4) is 0 Å². The van der Waals surface area contributed by atoms with Gasteiger partial charge in [0.15, 0.2) is 0 Å². The summed E-state index contributed by atoms with van der Waals surface area (Å²) in [6, 6.07) is 87.2. The fourth-order valence-corrected chi connectivity index (χ4v) is 9.35. The predicted octanol–water partition coefficient (Wildman–Crippen LogP) is 16.8. The molecule has 296 valence electrons. The van der Waals surface area contributed by atoms with E-state index in [0.717, 1.165) is 61.3 Å². The summed E-state index contributed by atoms with van der Waals surface area (Å²) in [5.41, 5.74) is 17.8. The van der Waals surface area contributed by atoms with Crippen molar-refractivity contribution >= 4 is 60.8 Å². The average molecular weight is 805 g/mol. The van der Waals surface area contributed by atoms with E-state index < -0.39 is 0 Å². The van der Waals surface area contributed by atoms with Crippen molar-refractivity contribution in [3.8, 4) is 50.2 Å². The molecule has 0 aliphatic rings. The van der Waals surface area contributed by atoms with Crippen LogP contribution in [0.1, 0.15) is 0 Å². The van der Waals surface area contributed by atoms with Gasteiger partial charge in [-0.2, -0.15) is 0 Å². The summed E-state index contributed by atoms with van der Waals surface area (Å²) in [6.07, 6.45) is 0. The summed E-state index contributed by atoms with van der Waals surface area (Å²) in [6.45, 7) is 0. The second-order valence-corrected chi connectivity index (χ2v) is 16.2. The predicted molar refractivity (Wildman–Crippen MR) is 264 cm³/mol. The SMILES string of the molecule is c1ccc(-c2cc(-c3ccccc3)cc(N(c3ccccc3)c3cccc(-c4cccc(-c5ccc6c(c5)c5ccccc5n6-c5ccc6c(c5)oc5ccccc56)c4)c3)c2)cc1. The van der Waals surface area contributed by atoms with E-state index in [1.165, 1.54) is 49.7 Å². The van der Waals surface area contributed by atoms with Crippen LogP contribution in [0.25, 0.3) is 93.9 Å². The molecule has 2 aromatic heterocycles. The highest BCUT2D eigenvalue weighted by molar-refractivity contribution is 6.11. The first-order chi connectivity index (χ1) is 31.2. The van der Waals surface area contributed by atoms with Crippen LogP contribution in [0.4, 0.5) is 17.1 Å². The van der Waals surface area contributed by atoms with Crippen molar-refractivity contribution < 1.29 is 4.42 Å². The van der Waals surface area contributed by atoms with Crippen molar-refractivity contribution in [1.29, 1.82) is 0 Å². The summed E-state index contributed by atoms with van der Waals surface area (Å²) in [4.78, 5) is 2.38. The first-order valence-corrected chi connectivity index (χ1v) is 21.5. The molecule has 0 N–H and O–H groups in total. The van der Waals surface area contributed by atoms with Crippen molar-refractivity contribution in [1.82, 2.24) is 4.57 Å². The van der Waals surface area contributed by atoms with E-state index in [9.17, 15) is 0 Å². The van der Waals surface area contributed by atoms with Gasteiger partial charge in [0.05, 0.1) is 11.0 Å². The number of rotatable bonds is 8. The maximum Gasteiger partial charge on any atom is 0.137 e. The number of nitrogens with zero attached hydrogens (tertiary/aromatic N) is 2. The molecule has 0 aliphatic heterocycles. The van der Waals surface area contributed by atoms with E-state index in [2.05, 4.69) is 240 Å². The van der Waals surface area contributed by atoms with Crippen LogP contribution in [-0.4, -0.2) is 4.57 Å². The van der Waals surface area contributed by atoms with Crippen molar-refractivity contribution in [2.45, 2.75) is 0 Å². The van der Waals surface area contributed by atoms with Gasteiger partial charge in [-0.05, 0) is 129 Å². The highest BCUT2D eigenvalue weighted by atomic mass is 16.3. The molecule has 0 unspecified atom stereocenters. The molecule has 0 bridgehead atoms. The third-order valence-electron chi connectivity index (χ3n) is 12.3. The minimum absolute atomic E-state index is 0.890. The van der Waals surface area contributed by atoms with E-state index in [4.69, 9.17) is 4.42 Å². The molecule has 0 spiro atoms. The average Bonchev–Trinajstić information content (AvgIpc) is 3.90. The minimum atomic E-state index is 0.890. The first kappa shape index (κ1) is 36.5. The molecule has 10 aromatic carbocycles. The summed E-state index contributed by atoms with van der Waals surface area (Å²) >= 11 is 0. The third kappa shape index (κ3) is 6.55. The van der Waals surface area contributed by atoms with Crippen molar-refractivity contribution in [3.63, 3.8) is 0 Å². The van der Waals surface area contributed by atoms with Crippen LogP contribution in [0.5, 0.6) is 0 Å². The van der Waals surface area contributed by atoms with Gasteiger partial charge in [-0.15, -0.1) is 0 Å². The van der Waals surface area contributed by atoms with Gasteiger partial charge in [0.1, 0.15) is 11.2 Å². The summed E-state index contributed by atoms with van der Waals surface area (Å²) < 4.78 is 8.69. The van der Waals surface area contributed by atoms with Gasteiger partial charge in [0, 0.05) is 50.4 Å². The Labute approximate surface area is 366 Å². The second-order valence-electron chi connectivity index (χ2n) is 16.2. The Kier molecular flexibility index (Phi) is 8.83. The molecule has 0 saturated carbocycles. The van der Waals surface area contributed by atoms with Crippen LogP contribution in [0, 0.1) is 0 Å². The number of fused-ring (bicyclic) bond motifs is 6. The van der Waals surface area contributed by atoms with Gasteiger partial charge in [0.2, 0.25) is 0 Å². The second kappa shape index (κ2) is 15.3. The molecule has 0 radical (unpaired) electrons. The van der Waals surface area contributed by atoms with E-state index >= 15 is 0 Å². The topological polar surface area (TPSA) is 21.3 Å². The van der Waals surface area contributed by atoms with Crippen LogP contribution >= 0.6 is 0 Å². The number of furan rings is 1. The Bertz CT molecular complexity index is 3560. The quantitative estimate of drug-likeness (QED) is 0.153. The maximum atomic E-state index is 6.33. The van der Waals surface area contributed by atoms with Crippen LogP contribution in [0.15, 0.2) is 247 Å². The number of hydrogen-bond donors (Lipinski definition) is 0. The number of para-hydroxylation sites is 3. The van der Waals surface area contributed by atoms with E-state index in [1.54, 1.807) is 0 Å². The molecule has 0 atom stereocenters. The maximum absolute atomic E-state index is 6.33. The highest BCUT2D eigenvalue weighted by Crippen LogP contribution is 2.42. The Morgan fingerprint density at radius 2 is 0.778 bits per heavy atom. The number of benzene rings is 10. The van der Waals surface area contributed by atoms with Gasteiger partial charge < -0.3 is 13.9 Å². The number of hydrogen-bond acceptors (Lipinski definition) is 2. The first-order valence-electron chi connectivity index (χ1n) is 21.5. The van der Waals surface area contributed by atoms with Gasteiger partial charge in [-0.3, -0.25) is 0 Å². The molecule has 0 saturated heterocycles. The monoisotopic (exact) mass is 804 g/mol. The lowest BCUT2D eigenvalue weighted by molar-refractivity contribution is 0.668. The lowest BCUT2D eigenvalue weighted by atomic mass is 9.96. The normalized spacial score (nSPS) is 11.5. The lowest BCUT2D eigenvalue weighted by Gasteiger charge is -2.27. The standard InChI is InChI=1S/C60H40N2O/c1-4-16-41(17-5-1)47-35-48(42-18-6-2-7-19-42)38-52(37-47)61(49-23-8-3-9-24-49)50-25-15-22-45(36-50)43-20-14-21-44(34-43)46-30-33-58-56(39-46)53-26-10-12-28-57(53)62(58)51-31-32-55-54-27-11-13-29-59(54)63-60(55)40-51/h1-40H. The molecular formula is C60H40N2O. The molecule has 12 aromatic rings. The zero-order valence-electron chi connectivity index (χ0n) is 34.4. The molecule has 12 rings (SSSR count). The zero-order chi connectivity index (χ0) is 41.7. The summed E-state index contributed by atoms with van der Waals surface area (Å²) in [5, 5.41) is 4.70. The molecular weight excluding hydrogens is 765 g/mol. The van der Waals surface area contributed by atoms with Crippen LogP contribution in [0.2, 0.25) is 0 Å². The van der Waals surface area contributed by atoms with Gasteiger partial charge in [0.25, 0.3) is 0 Å². The van der Waals surface area contributed by atoms with E-state index in [1.807, 2.05) is 12.1 Å². The Hall–Kier alpha value is -8.40. The molecule has 0 aliphatic carbocycles. The van der Waals surface area contributed by atoms with E-state index in [0.29, 0.717) is 0 Å². The number of aromatic nitrogens is 1. The fraction of sp³-hybridized carbons (Fsp3) is 0. The van der Waals surface area contributed by atoms with Crippen molar-refractivity contribution in [2.75, 3.05) is 4.90 Å². The van der Waals surface area contributed by atoms with Gasteiger partial charge in [-0.1, -0.05) is 152 Å². The van der Waals surface area contributed by atoms with Gasteiger partial charge in [-0.25, -0.2) is 0 Å². The largest absolute Gasteiger partial charge is 0.456 e. The van der Waals surface area contributed by atoms with E-state index in [-0.39, 0.29) is 0 Å². The van der Waals surface area contributed by atoms with Gasteiger partial charge >= 0.3 is 0 Å². The lowest BCUT2D eigenvalue weighted by Crippen LogP contribution is -2.10. The minimum Gasteiger partial charge on any atom is -0.456 e. The smallest absolute Gasteiger partial charge is 0.137 e. The molecule has 63 heavy (non-hydrogen) atoms. The Balaban J connectivity index is 0.945. The van der Waals surface area contributed by atoms with Crippen LogP contribution < -0.4 is 4.90 Å². The van der Waals surface area contributed by atoms with Crippen molar-refractivity contribution in [3.05, 3.63) is 243 Å². The summed E-state index contributed by atoms with van der Waals surface area (Å²) in [7, 11) is 0. The zero-order valence-corrected chi connectivity index (χ0v) is 34.4. The Morgan fingerprint density at radius 1 is 0.270 bits per heavy atom. The number of anilines is 3. The highest BCUT2D eigenvalue weighted by Gasteiger charge is 2.18. The molecule has 0 amide bonds. The Morgan fingerprint density at radius 3 is 1.51 bits per heavy atom.